The van der Waals surface area contributed by atoms with E-state index in [0.717, 1.165) is 6.07 Å². The Balaban J connectivity index is 1.37. The molecular weight excluding hydrogens is 548 g/mol. The van der Waals surface area contributed by atoms with Gasteiger partial charge in [0.1, 0.15) is 23.0 Å². The Labute approximate surface area is 225 Å². The number of fused-ring (bicyclic) bond motifs is 1. The van der Waals surface area contributed by atoms with Crippen LogP contribution in [0.3, 0.4) is 0 Å². The molecule has 0 amide bonds. The summed E-state index contributed by atoms with van der Waals surface area (Å²) in [7, 11) is 0. The lowest BCUT2D eigenvalue weighted by molar-refractivity contribution is -0.274. The van der Waals surface area contributed by atoms with Gasteiger partial charge in [-0.3, -0.25) is 9.59 Å². The number of aryl methyl sites for hydroxylation is 1. The molecule has 1 aliphatic heterocycles. The Morgan fingerprint density at radius 3 is 2.45 bits per heavy atom. The first-order chi connectivity index (χ1) is 18.0. The number of alkyl halides is 3. The van der Waals surface area contributed by atoms with Gasteiger partial charge in [-0.2, -0.15) is 0 Å². The van der Waals surface area contributed by atoms with E-state index in [1.54, 1.807) is 30.3 Å². The van der Waals surface area contributed by atoms with Crippen LogP contribution in [0, 0.1) is 0 Å². The monoisotopic (exact) mass is 568 g/mol. The summed E-state index contributed by atoms with van der Waals surface area (Å²) in [6, 6.07) is 13.4. The number of halogens is 5. The maximum atomic E-state index is 12.7. The summed E-state index contributed by atoms with van der Waals surface area (Å²) in [6.07, 6.45) is -3.91. The zero-order valence-electron chi connectivity index (χ0n) is 19.7. The minimum absolute atomic E-state index is 0.104. The lowest BCUT2D eigenvalue weighted by atomic mass is 9.93. The van der Waals surface area contributed by atoms with Crippen LogP contribution in [0.2, 0.25) is 10.0 Å². The summed E-state index contributed by atoms with van der Waals surface area (Å²) in [5, 5.41) is 9.75. The second kappa shape index (κ2) is 11.5. The van der Waals surface area contributed by atoms with Crippen molar-refractivity contribution in [3.05, 3.63) is 81.3 Å². The average molecular weight is 569 g/mol. The molecule has 1 aliphatic rings. The predicted molar refractivity (Wildman–Crippen MR) is 134 cm³/mol. The number of benzene rings is 3. The Morgan fingerprint density at radius 1 is 1.03 bits per heavy atom. The van der Waals surface area contributed by atoms with E-state index in [9.17, 15) is 27.9 Å². The number of aliphatic carboxylic acids is 1. The van der Waals surface area contributed by atoms with Crippen molar-refractivity contribution in [1.82, 2.24) is 0 Å². The molecule has 0 aromatic heterocycles. The smallest absolute Gasteiger partial charge is 0.493 e. The maximum Gasteiger partial charge on any atom is 0.573 e. The molecule has 0 bridgehead atoms. The molecule has 0 saturated carbocycles. The summed E-state index contributed by atoms with van der Waals surface area (Å²) in [5.41, 5.74) is 1.19. The summed E-state index contributed by atoms with van der Waals surface area (Å²) in [4.78, 5) is 24.1. The fourth-order valence-corrected chi connectivity index (χ4v) is 4.47. The molecule has 0 aliphatic carbocycles. The van der Waals surface area contributed by atoms with E-state index in [1.165, 1.54) is 18.2 Å². The fourth-order valence-electron chi connectivity index (χ4n) is 4.10. The molecule has 4 rings (SSSR count). The Hall–Kier alpha value is -3.43. The van der Waals surface area contributed by atoms with E-state index in [-0.39, 0.29) is 46.8 Å². The molecule has 0 radical (unpaired) electrons. The number of rotatable bonds is 9. The third-order valence-corrected chi connectivity index (χ3v) is 6.44. The van der Waals surface area contributed by atoms with E-state index < -0.39 is 18.2 Å². The highest BCUT2D eigenvalue weighted by atomic mass is 35.5. The highest BCUT2D eigenvalue weighted by molar-refractivity contribution is 6.32. The van der Waals surface area contributed by atoms with Crippen molar-refractivity contribution in [3.8, 4) is 23.0 Å². The number of ether oxygens (including phenoxy) is 3. The minimum Gasteiger partial charge on any atom is -0.493 e. The summed E-state index contributed by atoms with van der Waals surface area (Å²) >= 11 is 12.1. The van der Waals surface area contributed by atoms with Crippen LogP contribution in [0.1, 0.15) is 46.7 Å². The quantitative estimate of drug-likeness (QED) is 0.265. The van der Waals surface area contributed by atoms with Gasteiger partial charge in [0, 0.05) is 28.6 Å². The molecule has 0 spiro atoms. The largest absolute Gasteiger partial charge is 0.573 e. The van der Waals surface area contributed by atoms with E-state index in [4.69, 9.17) is 32.7 Å². The maximum absolute atomic E-state index is 12.7. The van der Waals surface area contributed by atoms with Crippen molar-refractivity contribution < 1.29 is 42.1 Å². The van der Waals surface area contributed by atoms with Crippen LogP contribution in [0.15, 0.2) is 54.6 Å². The molecule has 3 aromatic carbocycles. The molecule has 1 heterocycles. The number of carboxylic acid groups (broad SMARTS) is 1. The van der Waals surface area contributed by atoms with Crippen molar-refractivity contribution in [2.45, 2.75) is 38.0 Å². The molecule has 0 saturated heterocycles. The second-order valence-corrected chi connectivity index (χ2v) is 9.40. The molecule has 200 valence electrons. The van der Waals surface area contributed by atoms with Gasteiger partial charge in [-0.1, -0.05) is 29.3 Å². The lowest BCUT2D eigenvalue weighted by Gasteiger charge is -2.24. The summed E-state index contributed by atoms with van der Waals surface area (Å²) in [5.74, 6) is -1.19. The highest BCUT2D eigenvalue weighted by Crippen LogP contribution is 2.42. The molecule has 11 heteroatoms. The number of ketones is 1. The standard InChI is InChI=1S/C27H21Cl2F3O6/c28-17-7-4-16(23(12-17)38-27(30,31)32)2-1-3-22(33)15-5-8-18(9-6-15)37-25-14-24-20(13-21(25)29)19(26(34)35)10-11-36-24/h4-9,12-14,19H,1-3,10-11H2,(H,34,35). The van der Waals surface area contributed by atoms with E-state index in [2.05, 4.69) is 4.74 Å². The minimum atomic E-state index is -4.85. The fraction of sp³-hybridized carbons (Fsp3) is 0.259. The number of carbonyl (C=O) groups is 2. The van der Waals surface area contributed by atoms with Gasteiger partial charge in [0.2, 0.25) is 0 Å². The van der Waals surface area contributed by atoms with Crippen molar-refractivity contribution in [3.63, 3.8) is 0 Å². The summed E-state index contributed by atoms with van der Waals surface area (Å²) < 4.78 is 53.5. The van der Waals surface area contributed by atoms with Crippen LogP contribution in [-0.2, 0) is 11.2 Å². The van der Waals surface area contributed by atoms with Gasteiger partial charge in [0.15, 0.2) is 5.78 Å². The van der Waals surface area contributed by atoms with E-state index >= 15 is 0 Å². The normalized spacial score (nSPS) is 14.8. The first kappa shape index (κ1) is 27.6. The van der Waals surface area contributed by atoms with Gasteiger partial charge in [-0.05, 0) is 67.3 Å². The zero-order chi connectivity index (χ0) is 27.4. The zero-order valence-corrected chi connectivity index (χ0v) is 21.2. The predicted octanol–water partition coefficient (Wildman–Crippen LogP) is 7.84. The number of Topliss-reactive ketones (excluding diaryl/α,β-unsaturated/α-hetero) is 1. The van der Waals surface area contributed by atoms with Crippen molar-refractivity contribution in [1.29, 1.82) is 0 Å². The molecule has 1 unspecified atom stereocenters. The lowest BCUT2D eigenvalue weighted by Crippen LogP contribution is -2.20. The van der Waals surface area contributed by atoms with E-state index in [1.807, 2.05) is 0 Å². The Bertz CT molecular complexity index is 1340. The molecule has 1 atom stereocenters. The number of carbonyl (C=O) groups excluding carboxylic acids is 1. The first-order valence-corrected chi connectivity index (χ1v) is 12.3. The van der Waals surface area contributed by atoms with Gasteiger partial charge < -0.3 is 19.3 Å². The molecular formula is C27H21Cl2F3O6. The van der Waals surface area contributed by atoms with Crippen LogP contribution in [-0.4, -0.2) is 29.8 Å². The van der Waals surface area contributed by atoms with Crippen LogP contribution in [0.4, 0.5) is 13.2 Å². The van der Waals surface area contributed by atoms with Gasteiger partial charge in [0.05, 0.1) is 17.5 Å². The number of hydrogen-bond donors (Lipinski definition) is 1. The van der Waals surface area contributed by atoms with Gasteiger partial charge >= 0.3 is 12.3 Å². The Kier molecular flexibility index (Phi) is 8.38. The second-order valence-electron chi connectivity index (χ2n) is 8.55. The van der Waals surface area contributed by atoms with Gasteiger partial charge in [-0.25, -0.2) is 0 Å². The average Bonchev–Trinajstić information content (AvgIpc) is 2.85. The molecule has 6 nitrogen and oxygen atoms in total. The highest BCUT2D eigenvalue weighted by Gasteiger charge is 2.32. The molecule has 38 heavy (non-hydrogen) atoms. The number of hydrogen-bond acceptors (Lipinski definition) is 5. The first-order valence-electron chi connectivity index (χ1n) is 11.5. The van der Waals surface area contributed by atoms with Crippen LogP contribution < -0.4 is 14.2 Å². The molecule has 0 fully saturated rings. The van der Waals surface area contributed by atoms with Crippen molar-refractivity contribution >= 4 is 35.0 Å². The molecule has 3 aromatic rings. The van der Waals surface area contributed by atoms with Crippen LogP contribution >= 0.6 is 23.2 Å². The topological polar surface area (TPSA) is 82.1 Å². The third-order valence-electron chi connectivity index (χ3n) is 5.91. The van der Waals surface area contributed by atoms with Gasteiger partial charge in [-0.15, -0.1) is 13.2 Å². The Morgan fingerprint density at radius 2 is 1.76 bits per heavy atom. The summed E-state index contributed by atoms with van der Waals surface area (Å²) in [6.45, 7) is 0.260. The van der Waals surface area contributed by atoms with Crippen LogP contribution in [0.5, 0.6) is 23.0 Å². The molecule has 1 N–H and O–H groups in total. The SMILES string of the molecule is O=C(CCCc1ccc(Cl)cc1OC(F)(F)F)c1ccc(Oc2cc3c(cc2Cl)C(C(=O)O)CCO3)cc1. The third kappa shape index (κ3) is 6.90. The van der Waals surface area contributed by atoms with Crippen molar-refractivity contribution in [2.75, 3.05) is 6.61 Å². The van der Waals surface area contributed by atoms with Gasteiger partial charge in [0.25, 0.3) is 0 Å². The van der Waals surface area contributed by atoms with Crippen LogP contribution in [0.25, 0.3) is 0 Å². The van der Waals surface area contributed by atoms with E-state index in [0.29, 0.717) is 41.0 Å². The van der Waals surface area contributed by atoms with Crippen molar-refractivity contribution in [2.24, 2.45) is 0 Å². The number of carboxylic acids is 1.